The summed E-state index contributed by atoms with van der Waals surface area (Å²) in [5.41, 5.74) is 3.82. The molecule has 3 aromatic rings. The van der Waals surface area contributed by atoms with Crippen molar-refractivity contribution in [2.75, 3.05) is 41.0 Å². The lowest BCUT2D eigenvalue weighted by atomic mass is 9.87. The van der Waals surface area contributed by atoms with E-state index in [0.29, 0.717) is 30.0 Å². The maximum atomic E-state index is 6.01. The fourth-order valence-electron chi connectivity index (χ4n) is 4.30. The molecule has 1 atom stereocenters. The van der Waals surface area contributed by atoms with E-state index in [9.17, 15) is 0 Å². The highest BCUT2D eigenvalue weighted by molar-refractivity contribution is 5.96. The standard InChI is InChI=1S/C17H18N4O2.C11H16.C6H12O2/c1-12-15(23-14-8-5-4-7-13(14)22-3)11-21(2)17(20-12)16-18-9-6-10-19-16;1-9-5-7-10(8-6-9)11(2,3)4;1-7-5-6-3-2-4-8-6/h4-10H,11H2,1-3H3;5-8H,1-4H3;6H,2-5H2,1H3. The van der Waals surface area contributed by atoms with E-state index in [1.165, 1.54) is 24.0 Å². The summed E-state index contributed by atoms with van der Waals surface area (Å²) in [6, 6.07) is 18.1. The molecular formula is C34H46N4O4. The molecule has 0 amide bonds. The molecule has 0 spiro atoms. The number of para-hydroxylation sites is 2. The zero-order chi connectivity index (χ0) is 30.5. The first-order valence-corrected chi connectivity index (χ1v) is 14.4. The topological polar surface area (TPSA) is 78.3 Å². The Balaban J connectivity index is 0.000000210. The van der Waals surface area contributed by atoms with Crippen LogP contribution in [-0.2, 0) is 14.9 Å². The van der Waals surface area contributed by atoms with Crippen molar-refractivity contribution in [3.8, 4) is 11.5 Å². The molecule has 3 heterocycles. The van der Waals surface area contributed by atoms with Crippen LogP contribution in [0.5, 0.6) is 11.5 Å². The van der Waals surface area contributed by atoms with Gasteiger partial charge in [0.1, 0.15) is 5.76 Å². The zero-order valence-corrected chi connectivity index (χ0v) is 26.4. The lowest BCUT2D eigenvalue weighted by Crippen LogP contribution is -2.35. The van der Waals surface area contributed by atoms with Crippen LogP contribution in [0.3, 0.4) is 0 Å². The van der Waals surface area contributed by atoms with Gasteiger partial charge in [-0.1, -0.05) is 62.7 Å². The highest BCUT2D eigenvalue weighted by atomic mass is 16.5. The molecule has 8 heteroatoms. The van der Waals surface area contributed by atoms with Crippen LogP contribution in [0.25, 0.3) is 0 Å². The predicted molar refractivity (Wildman–Crippen MR) is 168 cm³/mol. The van der Waals surface area contributed by atoms with Crippen LogP contribution in [0, 0.1) is 6.92 Å². The Kier molecular flexibility index (Phi) is 12.5. The molecule has 0 aliphatic carbocycles. The number of rotatable bonds is 6. The molecule has 0 bridgehead atoms. The monoisotopic (exact) mass is 574 g/mol. The third kappa shape index (κ3) is 9.96. The van der Waals surface area contributed by atoms with Gasteiger partial charge in [0.25, 0.3) is 0 Å². The molecule has 2 aliphatic heterocycles. The Morgan fingerprint density at radius 1 is 0.929 bits per heavy atom. The molecule has 1 saturated heterocycles. The largest absolute Gasteiger partial charge is 0.493 e. The minimum atomic E-state index is 0.285. The van der Waals surface area contributed by atoms with Gasteiger partial charge in [-0.25, -0.2) is 15.0 Å². The lowest BCUT2D eigenvalue weighted by molar-refractivity contribution is 0.0380. The summed E-state index contributed by atoms with van der Waals surface area (Å²) in [6.45, 7) is 13.0. The van der Waals surface area contributed by atoms with Crippen molar-refractivity contribution in [3.63, 3.8) is 0 Å². The number of allylic oxidation sites excluding steroid dienone is 1. The third-order valence-corrected chi connectivity index (χ3v) is 6.78. The molecule has 1 fully saturated rings. The third-order valence-electron chi connectivity index (χ3n) is 6.78. The number of aromatic nitrogens is 2. The van der Waals surface area contributed by atoms with E-state index >= 15 is 0 Å². The SMILES string of the molecule is COCC1CCCO1.COc1ccccc1OC1=C(C)N=C(c2ncccn2)N(C)C1.Cc1ccc(C(C)(C)C)cc1. The van der Waals surface area contributed by atoms with Crippen LogP contribution in [-0.4, -0.2) is 67.8 Å². The molecule has 1 aromatic heterocycles. The molecule has 2 aromatic carbocycles. The smallest absolute Gasteiger partial charge is 0.195 e. The van der Waals surface area contributed by atoms with Gasteiger partial charge < -0.3 is 23.8 Å². The minimum absolute atomic E-state index is 0.285. The lowest BCUT2D eigenvalue weighted by Gasteiger charge is -2.27. The Labute approximate surface area is 251 Å². The van der Waals surface area contributed by atoms with Crippen molar-refractivity contribution in [2.24, 2.45) is 4.99 Å². The zero-order valence-electron chi connectivity index (χ0n) is 26.4. The Hall–Kier alpha value is -3.75. The molecule has 2 aliphatic rings. The van der Waals surface area contributed by atoms with Gasteiger partial charge in [-0.05, 0) is 55.9 Å². The number of benzene rings is 2. The van der Waals surface area contributed by atoms with E-state index < -0.39 is 0 Å². The average molecular weight is 575 g/mol. The van der Waals surface area contributed by atoms with Crippen LogP contribution in [0.15, 0.2) is 83.4 Å². The van der Waals surface area contributed by atoms with Gasteiger partial charge in [-0.3, -0.25) is 0 Å². The van der Waals surface area contributed by atoms with Crippen molar-refractivity contribution in [1.82, 2.24) is 14.9 Å². The number of ether oxygens (including phenoxy) is 4. The normalized spacial score (nSPS) is 16.5. The van der Waals surface area contributed by atoms with Crippen molar-refractivity contribution >= 4 is 5.84 Å². The van der Waals surface area contributed by atoms with Crippen molar-refractivity contribution in [3.05, 3.63) is 95.4 Å². The van der Waals surface area contributed by atoms with Crippen LogP contribution in [0.4, 0.5) is 0 Å². The summed E-state index contributed by atoms with van der Waals surface area (Å²) in [7, 11) is 5.27. The number of aryl methyl sites for hydroxylation is 1. The number of nitrogens with zero attached hydrogens (tertiary/aromatic N) is 4. The number of likely N-dealkylation sites (N-methyl/N-ethyl adjacent to an activating group) is 1. The van der Waals surface area contributed by atoms with Gasteiger partial charge in [0.05, 0.1) is 32.1 Å². The second-order valence-electron chi connectivity index (χ2n) is 11.3. The van der Waals surface area contributed by atoms with E-state index in [4.69, 9.17) is 18.9 Å². The summed E-state index contributed by atoms with van der Waals surface area (Å²) in [6.07, 6.45) is 6.18. The van der Waals surface area contributed by atoms with Gasteiger partial charge in [0.15, 0.2) is 23.2 Å². The summed E-state index contributed by atoms with van der Waals surface area (Å²) < 4.78 is 21.5. The molecule has 42 heavy (non-hydrogen) atoms. The number of aliphatic imine (C=N–C) groups is 1. The highest BCUT2D eigenvalue weighted by Crippen LogP contribution is 2.30. The average Bonchev–Trinajstić information content (AvgIpc) is 3.50. The Morgan fingerprint density at radius 2 is 1.60 bits per heavy atom. The van der Waals surface area contributed by atoms with Crippen LogP contribution >= 0.6 is 0 Å². The maximum absolute atomic E-state index is 6.01. The van der Waals surface area contributed by atoms with E-state index in [2.05, 4.69) is 66.9 Å². The fourth-order valence-corrected chi connectivity index (χ4v) is 4.30. The van der Waals surface area contributed by atoms with Crippen LogP contribution < -0.4 is 9.47 Å². The Bertz CT molecular complexity index is 1300. The highest BCUT2D eigenvalue weighted by Gasteiger charge is 2.22. The summed E-state index contributed by atoms with van der Waals surface area (Å²) in [4.78, 5) is 15.1. The number of methoxy groups -OCH3 is 2. The number of amidine groups is 1. The second-order valence-corrected chi connectivity index (χ2v) is 11.3. The van der Waals surface area contributed by atoms with E-state index in [-0.39, 0.29) is 5.41 Å². The molecule has 5 rings (SSSR count). The molecule has 226 valence electrons. The molecule has 0 radical (unpaired) electrons. The van der Waals surface area contributed by atoms with Crippen molar-refractivity contribution in [1.29, 1.82) is 0 Å². The summed E-state index contributed by atoms with van der Waals surface area (Å²) >= 11 is 0. The molecule has 0 N–H and O–H groups in total. The van der Waals surface area contributed by atoms with Gasteiger partial charge >= 0.3 is 0 Å². The predicted octanol–water partition coefficient (Wildman–Crippen LogP) is 6.59. The first kappa shape index (κ1) is 32.8. The Morgan fingerprint density at radius 3 is 2.17 bits per heavy atom. The van der Waals surface area contributed by atoms with Gasteiger partial charge in [0.2, 0.25) is 0 Å². The van der Waals surface area contributed by atoms with Crippen molar-refractivity contribution in [2.45, 2.75) is 59.0 Å². The summed E-state index contributed by atoms with van der Waals surface area (Å²) in [5.74, 6) is 3.47. The minimum Gasteiger partial charge on any atom is -0.493 e. The van der Waals surface area contributed by atoms with Crippen LogP contribution in [0.2, 0.25) is 0 Å². The second kappa shape index (κ2) is 16.0. The first-order valence-electron chi connectivity index (χ1n) is 14.4. The van der Waals surface area contributed by atoms with Crippen molar-refractivity contribution < 1.29 is 18.9 Å². The molecule has 1 unspecified atom stereocenters. The molecule has 8 nitrogen and oxygen atoms in total. The quantitative estimate of drug-likeness (QED) is 0.329. The van der Waals surface area contributed by atoms with Crippen LogP contribution in [0.1, 0.15) is 57.5 Å². The van der Waals surface area contributed by atoms with E-state index in [1.54, 1.807) is 32.7 Å². The first-order chi connectivity index (χ1) is 20.1. The summed E-state index contributed by atoms with van der Waals surface area (Å²) in [5, 5.41) is 0. The van der Waals surface area contributed by atoms with E-state index in [0.717, 1.165) is 30.5 Å². The number of hydrogen-bond acceptors (Lipinski definition) is 8. The van der Waals surface area contributed by atoms with Gasteiger partial charge in [-0.2, -0.15) is 0 Å². The maximum Gasteiger partial charge on any atom is 0.195 e. The molecular weight excluding hydrogens is 528 g/mol. The molecule has 0 saturated carbocycles. The fraction of sp³-hybridized carbons (Fsp3) is 0.441. The van der Waals surface area contributed by atoms with Gasteiger partial charge in [-0.15, -0.1) is 0 Å². The number of hydrogen-bond donors (Lipinski definition) is 0. The van der Waals surface area contributed by atoms with E-state index in [1.807, 2.05) is 43.1 Å². The van der Waals surface area contributed by atoms with Gasteiger partial charge in [0, 0.05) is 33.2 Å².